The van der Waals surface area contributed by atoms with Crippen LogP contribution in [-0.4, -0.2) is 60.8 Å². The van der Waals surface area contributed by atoms with Crippen molar-refractivity contribution < 1.29 is 19.1 Å². The number of nitrogens with zero attached hydrogens (tertiary/aromatic N) is 2. The van der Waals surface area contributed by atoms with Gasteiger partial charge in [0.1, 0.15) is 5.60 Å². The lowest BCUT2D eigenvalue weighted by atomic mass is 10.1. The third-order valence-electron chi connectivity index (χ3n) is 3.89. The summed E-state index contributed by atoms with van der Waals surface area (Å²) in [6.07, 6.45) is -0.273. The summed E-state index contributed by atoms with van der Waals surface area (Å²) in [5.74, 6) is -0.338. The van der Waals surface area contributed by atoms with E-state index in [0.29, 0.717) is 25.2 Å². The molecule has 1 aliphatic heterocycles. The lowest BCUT2D eigenvalue weighted by Gasteiger charge is -2.35. The minimum absolute atomic E-state index is 0.273. The van der Waals surface area contributed by atoms with E-state index in [1.165, 1.54) is 7.11 Å². The molecule has 1 fully saturated rings. The van der Waals surface area contributed by atoms with Gasteiger partial charge < -0.3 is 14.4 Å². The first kappa shape index (κ1) is 19.7. The molecule has 1 aliphatic rings. The molecule has 0 aromatic heterocycles. The van der Waals surface area contributed by atoms with E-state index < -0.39 is 5.60 Å². The fourth-order valence-electron chi connectivity index (χ4n) is 2.66. The number of halogens is 1. The summed E-state index contributed by atoms with van der Waals surface area (Å²) in [5.41, 5.74) is 0.993. The average Bonchev–Trinajstić information content (AvgIpc) is 2.53. The Morgan fingerprint density at radius 2 is 1.80 bits per heavy atom. The fraction of sp³-hybridized carbons (Fsp3) is 0.556. The van der Waals surface area contributed by atoms with Crippen molar-refractivity contribution in [2.75, 3.05) is 33.3 Å². The second-order valence-electron chi connectivity index (χ2n) is 7.04. The van der Waals surface area contributed by atoms with Crippen LogP contribution in [0, 0.1) is 0 Å². The molecule has 0 spiro atoms. The summed E-state index contributed by atoms with van der Waals surface area (Å²) in [6, 6.07) is 5.53. The van der Waals surface area contributed by atoms with Crippen LogP contribution < -0.4 is 0 Å². The molecule has 0 aliphatic carbocycles. The fourth-order valence-corrected chi connectivity index (χ4v) is 3.07. The maximum Gasteiger partial charge on any atom is 0.410 e. The number of rotatable bonds is 3. The lowest BCUT2D eigenvalue weighted by molar-refractivity contribution is 0.0139. The highest BCUT2D eigenvalue weighted by molar-refractivity contribution is 9.10. The van der Waals surface area contributed by atoms with Crippen LogP contribution in [0.3, 0.4) is 0 Å². The maximum atomic E-state index is 12.1. The summed E-state index contributed by atoms with van der Waals surface area (Å²) in [5, 5.41) is 0. The summed E-state index contributed by atoms with van der Waals surface area (Å²) >= 11 is 3.45. The van der Waals surface area contributed by atoms with Crippen LogP contribution in [0.4, 0.5) is 4.79 Å². The third-order valence-corrected chi connectivity index (χ3v) is 4.38. The average molecular weight is 413 g/mol. The van der Waals surface area contributed by atoms with Gasteiger partial charge in [-0.1, -0.05) is 15.9 Å². The molecule has 0 atom stereocenters. The van der Waals surface area contributed by atoms with Crippen LogP contribution in [0.1, 0.15) is 36.7 Å². The van der Waals surface area contributed by atoms with Gasteiger partial charge in [0.15, 0.2) is 0 Å². The van der Waals surface area contributed by atoms with Gasteiger partial charge in [-0.3, -0.25) is 4.90 Å². The smallest absolute Gasteiger partial charge is 0.410 e. The maximum absolute atomic E-state index is 12.1. The van der Waals surface area contributed by atoms with Crippen LogP contribution in [-0.2, 0) is 16.0 Å². The first-order chi connectivity index (χ1) is 11.7. The monoisotopic (exact) mass is 412 g/mol. The van der Waals surface area contributed by atoms with Crippen LogP contribution >= 0.6 is 15.9 Å². The molecule has 1 heterocycles. The Morgan fingerprint density at radius 3 is 2.36 bits per heavy atom. The van der Waals surface area contributed by atoms with E-state index in [1.54, 1.807) is 11.0 Å². The van der Waals surface area contributed by atoms with E-state index in [4.69, 9.17) is 9.47 Å². The molecule has 0 unspecified atom stereocenters. The van der Waals surface area contributed by atoms with Gasteiger partial charge in [0, 0.05) is 37.2 Å². The van der Waals surface area contributed by atoms with Crippen molar-refractivity contribution in [1.29, 1.82) is 0 Å². The normalized spacial score (nSPS) is 15.8. The number of hydrogen-bond acceptors (Lipinski definition) is 5. The highest BCUT2D eigenvalue weighted by Crippen LogP contribution is 2.20. The summed E-state index contributed by atoms with van der Waals surface area (Å²) in [7, 11) is 1.38. The van der Waals surface area contributed by atoms with Crippen molar-refractivity contribution in [3.05, 3.63) is 33.8 Å². The molecule has 1 amide bonds. The zero-order chi connectivity index (χ0) is 18.6. The van der Waals surface area contributed by atoms with Crippen LogP contribution in [0.2, 0.25) is 0 Å². The zero-order valence-electron chi connectivity index (χ0n) is 15.2. The number of methoxy groups -OCH3 is 1. The molecule has 6 nitrogen and oxygen atoms in total. The standard InChI is InChI=1S/C18H25BrN2O4/c1-18(2,3)25-17(23)21-9-7-20(8-10-21)12-13-11-14(19)5-6-15(13)16(22)24-4/h5-6,11H,7-10,12H2,1-4H3. The first-order valence-corrected chi connectivity index (χ1v) is 9.06. The van der Waals surface area contributed by atoms with E-state index in [-0.39, 0.29) is 12.1 Å². The number of amides is 1. The Labute approximate surface area is 157 Å². The number of ether oxygens (including phenoxy) is 2. The van der Waals surface area contributed by atoms with E-state index in [0.717, 1.165) is 23.1 Å². The Kier molecular flexibility index (Phi) is 6.46. The summed E-state index contributed by atoms with van der Waals surface area (Å²) in [6.45, 7) is 8.89. The van der Waals surface area contributed by atoms with Crippen molar-refractivity contribution in [2.45, 2.75) is 32.9 Å². The Balaban J connectivity index is 1.97. The zero-order valence-corrected chi connectivity index (χ0v) is 16.8. The quantitative estimate of drug-likeness (QED) is 0.712. The molecule has 1 aromatic rings. The number of benzene rings is 1. The van der Waals surface area contributed by atoms with E-state index in [1.807, 2.05) is 32.9 Å². The van der Waals surface area contributed by atoms with Gasteiger partial charge in [0.2, 0.25) is 0 Å². The number of esters is 1. The second-order valence-corrected chi connectivity index (χ2v) is 7.95. The topological polar surface area (TPSA) is 59.1 Å². The number of piperazine rings is 1. The third kappa shape index (κ3) is 5.71. The van der Waals surface area contributed by atoms with Crippen LogP contribution in [0.15, 0.2) is 22.7 Å². The van der Waals surface area contributed by atoms with E-state index in [2.05, 4.69) is 20.8 Å². The van der Waals surface area contributed by atoms with Gasteiger partial charge in [0.25, 0.3) is 0 Å². The van der Waals surface area contributed by atoms with Gasteiger partial charge in [-0.15, -0.1) is 0 Å². The number of carbonyl (C=O) groups is 2. The Hall–Kier alpha value is -1.60. The molecule has 0 bridgehead atoms. The highest BCUT2D eigenvalue weighted by atomic mass is 79.9. The second kappa shape index (κ2) is 8.19. The van der Waals surface area contributed by atoms with Gasteiger partial charge in [-0.2, -0.15) is 0 Å². The van der Waals surface area contributed by atoms with Crippen molar-refractivity contribution in [3.8, 4) is 0 Å². The molecule has 138 valence electrons. The SMILES string of the molecule is COC(=O)c1ccc(Br)cc1CN1CCN(C(=O)OC(C)(C)C)CC1. The molecular formula is C18H25BrN2O4. The lowest BCUT2D eigenvalue weighted by Crippen LogP contribution is -2.49. The first-order valence-electron chi connectivity index (χ1n) is 8.26. The van der Waals surface area contributed by atoms with Crippen molar-refractivity contribution in [2.24, 2.45) is 0 Å². The molecule has 25 heavy (non-hydrogen) atoms. The highest BCUT2D eigenvalue weighted by Gasteiger charge is 2.26. The predicted octanol–water partition coefficient (Wildman–Crippen LogP) is 3.29. The number of carbonyl (C=O) groups excluding carboxylic acids is 2. The molecule has 0 saturated carbocycles. The van der Waals surface area contributed by atoms with Crippen LogP contribution in [0.5, 0.6) is 0 Å². The van der Waals surface area contributed by atoms with Gasteiger partial charge in [-0.25, -0.2) is 9.59 Å². The van der Waals surface area contributed by atoms with Gasteiger partial charge in [0.05, 0.1) is 12.7 Å². The Bertz CT molecular complexity index is 634. The van der Waals surface area contributed by atoms with Gasteiger partial charge in [-0.05, 0) is 44.5 Å². The van der Waals surface area contributed by atoms with E-state index in [9.17, 15) is 9.59 Å². The summed E-state index contributed by atoms with van der Waals surface area (Å²) in [4.78, 5) is 28.0. The molecule has 0 N–H and O–H groups in total. The van der Waals surface area contributed by atoms with E-state index >= 15 is 0 Å². The van der Waals surface area contributed by atoms with Crippen molar-refractivity contribution >= 4 is 28.0 Å². The minimum Gasteiger partial charge on any atom is -0.465 e. The molecule has 7 heteroatoms. The summed E-state index contributed by atoms with van der Waals surface area (Å²) < 4.78 is 11.2. The molecule has 1 aromatic carbocycles. The number of hydrogen-bond donors (Lipinski definition) is 0. The molecule has 1 saturated heterocycles. The van der Waals surface area contributed by atoms with Crippen molar-refractivity contribution in [3.63, 3.8) is 0 Å². The molecule has 2 rings (SSSR count). The molecular weight excluding hydrogens is 388 g/mol. The minimum atomic E-state index is -0.486. The predicted molar refractivity (Wildman–Crippen MR) is 98.6 cm³/mol. The van der Waals surface area contributed by atoms with Gasteiger partial charge >= 0.3 is 12.1 Å². The largest absolute Gasteiger partial charge is 0.465 e. The molecule has 0 radical (unpaired) electrons. The Morgan fingerprint density at radius 1 is 1.16 bits per heavy atom. The van der Waals surface area contributed by atoms with Crippen LogP contribution in [0.25, 0.3) is 0 Å². The van der Waals surface area contributed by atoms with Crippen molar-refractivity contribution in [1.82, 2.24) is 9.80 Å².